The average molecular weight is 277 g/mol. The monoisotopic (exact) mass is 277 g/mol. The molecule has 0 amide bonds. The summed E-state index contributed by atoms with van der Waals surface area (Å²) in [4.78, 5) is 4.48. The van der Waals surface area contributed by atoms with Crippen molar-refractivity contribution in [3.8, 4) is 0 Å². The molecule has 0 spiro atoms. The van der Waals surface area contributed by atoms with Gasteiger partial charge in [-0.2, -0.15) is 0 Å². The van der Waals surface area contributed by atoms with Crippen molar-refractivity contribution in [1.29, 1.82) is 0 Å². The van der Waals surface area contributed by atoms with E-state index < -0.39 is 0 Å². The fraction of sp³-hybridized carbons (Fsp3) is 0.824. The lowest BCUT2D eigenvalue weighted by Crippen LogP contribution is -2.44. The zero-order valence-corrected chi connectivity index (χ0v) is 13.5. The van der Waals surface area contributed by atoms with Crippen molar-refractivity contribution in [2.75, 3.05) is 6.54 Å². The van der Waals surface area contributed by atoms with Crippen LogP contribution < -0.4 is 5.32 Å². The number of aromatic nitrogens is 2. The molecule has 0 saturated heterocycles. The van der Waals surface area contributed by atoms with Crippen LogP contribution in [0, 0.1) is 5.41 Å². The van der Waals surface area contributed by atoms with Gasteiger partial charge in [-0.3, -0.25) is 0 Å². The van der Waals surface area contributed by atoms with Gasteiger partial charge in [0.1, 0.15) is 5.82 Å². The maximum absolute atomic E-state index is 4.48. The van der Waals surface area contributed by atoms with E-state index in [9.17, 15) is 0 Å². The normalized spacial score (nSPS) is 19.4. The number of nitrogens with zero attached hydrogens (tertiary/aromatic N) is 2. The minimum Gasteiger partial charge on any atom is -0.338 e. The van der Waals surface area contributed by atoms with Crippen molar-refractivity contribution in [3.05, 3.63) is 18.2 Å². The van der Waals surface area contributed by atoms with E-state index in [0.29, 0.717) is 11.5 Å². The lowest BCUT2D eigenvalue weighted by Gasteiger charge is -2.38. The van der Waals surface area contributed by atoms with Crippen LogP contribution in [0.5, 0.6) is 0 Å². The first-order chi connectivity index (χ1) is 9.72. The second-order valence-corrected chi connectivity index (χ2v) is 6.42. The number of hydrogen-bond donors (Lipinski definition) is 1. The molecule has 1 saturated carbocycles. The topological polar surface area (TPSA) is 29.9 Å². The molecule has 0 aromatic carbocycles. The van der Waals surface area contributed by atoms with E-state index in [0.717, 1.165) is 13.0 Å². The Bertz CT molecular complexity index is 391. The van der Waals surface area contributed by atoms with Crippen LogP contribution in [-0.4, -0.2) is 22.1 Å². The summed E-state index contributed by atoms with van der Waals surface area (Å²) in [7, 11) is 2.10. The molecule has 1 atom stereocenters. The standard InChI is InChI=1S/C17H31N3/c1-4-12-18-15(17(5-2)10-6-7-11-17)8-9-16-19-13-14-20(16)3/h13-15,18H,4-12H2,1-3H3. The van der Waals surface area contributed by atoms with Crippen molar-refractivity contribution < 1.29 is 0 Å². The largest absolute Gasteiger partial charge is 0.338 e. The zero-order valence-electron chi connectivity index (χ0n) is 13.5. The summed E-state index contributed by atoms with van der Waals surface area (Å²) >= 11 is 0. The Kier molecular flexibility index (Phi) is 5.64. The molecular formula is C17H31N3. The Labute approximate surface area is 124 Å². The SMILES string of the molecule is CCCNC(CCc1nccn1C)C1(CC)CCCC1. The Hall–Kier alpha value is -0.830. The minimum absolute atomic E-state index is 0.542. The Morgan fingerprint density at radius 2 is 2.10 bits per heavy atom. The first-order valence-corrected chi connectivity index (χ1v) is 8.41. The number of nitrogens with one attached hydrogen (secondary N) is 1. The molecule has 1 unspecified atom stereocenters. The second kappa shape index (κ2) is 7.26. The van der Waals surface area contributed by atoms with Gasteiger partial charge in [-0.25, -0.2) is 4.98 Å². The molecule has 3 heteroatoms. The molecule has 0 aliphatic heterocycles. The first-order valence-electron chi connectivity index (χ1n) is 8.41. The Balaban J connectivity index is 2.01. The third kappa shape index (κ3) is 3.43. The summed E-state index contributed by atoms with van der Waals surface area (Å²) in [6.45, 7) is 5.79. The number of aryl methyl sites for hydroxylation is 2. The van der Waals surface area contributed by atoms with E-state index >= 15 is 0 Å². The molecule has 0 radical (unpaired) electrons. The van der Waals surface area contributed by atoms with E-state index in [1.807, 2.05) is 6.20 Å². The van der Waals surface area contributed by atoms with Gasteiger partial charge in [0.05, 0.1) is 0 Å². The Morgan fingerprint density at radius 1 is 1.35 bits per heavy atom. The highest BCUT2D eigenvalue weighted by Crippen LogP contribution is 2.45. The van der Waals surface area contributed by atoms with Crippen LogP contribution in [0.1, 0.15) is 64.6 Å². The summed E-state index contributed by atoms with van der Waals surface area (Å²) in [6, 6.07) is 0.659. The average Bonchev–Trinajstić information content (AvgIpc) is 3.09. The lowest BCUT2D eigenvalue weighted by atomic mass is 9.74. The maximum atomic E-state index is 4.48. The van der Waals surface area contributed by atoms with E-state index in [-0.39, 0.29) is 0 Å². The summed E-state index contributed by atoms with van der Waals surface area (Å²) in [5, 5.41) is 3.85. The van der Waals surface area contributed by atoms with Crippen LogP contribution in [-0.2, 0) is 13.5 Å². The fourth-order valence-corrected chi connectivity index (χ4v) is 3.88. The molecular weight excluding hydrogens is 246 g/mol. The van der Waals surface area contributed by atoms with Gasteiger partial charge < -0.3 is 9.88 Å². The van der Waals surface area contributed by atoms with Crippen LogP contribution in [0.4, 0.5) is 0 Å². The van der Waals surface area contributed by atoms with E-state index in [1.54, 1.807) is 0 Å². The molecule has 20 heavy (non-hydrogen) atoms. The third-order valence-electron chi connectivity index (χ3n) is 5.26. The molecule has 1 aliphatic rings. The smallest absolute Gasteiger partial charge is 0.108 e. The minimum atomic E-state index is 0.542. The van der Waals surface area contributed by atoms with Gasteiger partial charge in [-0.1, -0.05) is 26.7 Å². The van der Waals surface area contributed by atoms with E-state index in [4.69, 9.17) is 0 Å². The van der Waals surface area contributed by atoms with E-state index in [2.05, 4.69) is 42.0 Å². The maximum Gasteiger partial charge on any atom is 0.108 e. The first kappa shape index (κ1) is 15.6. The van der Waals surface area contributed by atoms with Gasteiger partial charge in [-0.05, 0) is 44.1 Å². The van der Waals surface area contributed by atoms with E-state index in [1.165, 1.54) is 50.8 Å². The Morgan fingerprint density at radius 3 is 2.65 bits per heavy atom. The van der Waals surface area contributed by atoms with Crippen molar-refractivity contribution >= 4 is 0 Å². The predicted octanol–water partition coefficient (Wildman–Crippen LogP) is 3.69. The molecule has 2 rings (SSSR count). The summed E-state index contributed by atoms with van der Waals surface area (Å²) in [5.74, 6) is 1.22. The van der Waals surface area contributed by atoms with Crippen LogP contribution in [0.3, 0.4) is 0 Å². The van der Waals surface area contributed by atoms with Crippen molar-refractivity contribution in [2.45, 2.75) is 71.3 Å². The van der Waals surface area contributed by atoms with Gasteiger partial charge in [-0.15, -0.1) is 0 Å². The van der Waals surface area contributed by atoms with Crippen LogP contribution >= 0.6 is 0 Å². The number of imidazole rings is 1. The van der Waals surface area contributed by atoms with Crippen LogP contribution in [0.15, 0.2) is 12.4 Å². The van der Waals surface area contributed by atoms with Gasteiger partial charge in [0.25, 0.3) is 0 Å². The molecule has 1 fully saturated rings. The molecule has 1 aromatic rings. The summed E-state index contributed by atoms with van der Waals surface area (Å²) in [5.41, 5.74) is 0.542. The molecule has 3 nitrogen and oxygen atoms in total. The summed E-state index contributed by atoms with van der Waals surface area (Å²) in [6.07, 6.45) is 14.5. The fourth-order valence-electron chi connectivity index (χ4n) is 3.88. The van der Waals surface area contributed by atoms with Crippen molar-refractivity contribution in [3.63, 3.8) is 0 Å². The predicted molar refractivity (Wildman–Crippen MR) is 84.8 cm³/mol. The molecule has 1 aliphatic carbocycles. The van der Waals surface area contributed by atoms with Gasteiger partial charge in [0.2, 0.25) is 0 Å². The van der Waals surface area contributed by atoms with Crippen LogP contribution in [0.25, 0.3) is 0 Å². The van der Waals surface area contributed by atoms with Crippen molar-refractivity contribution in [1.82, 2.24) is 14.9 Å². The van der Waals surface area contributed by atoms with Crippen molar-refractivity contribution in [2.24, 2.45) is 12.5 Å². The van der Waals surface area contributed by atoms with Gasteiger partial charge >= 0.3 is 0 Å². The highest BCUT2D eigenvalue weighted by molar-refractivity contribution is 4.98. The third-order valence-corrected chi connectivity index (χ3v) is 5.26. The van der Waals surface area contributed by atoms with Gasteiger partial charge in [0.15, 0.2) is 0 Å². The highest BCUT2D eigenvalue weighted by Gasteiger charge is 2.39. The quantitative estimate of drug-likeness (QED) is 0.785. The van der Waals surface area contributed by atoms with Crippen LogP contribution in [0.2, 0.25) is 0 Å². The highest BCUT2D eigenvalue weighted by atomic mass is 15.0. The molecule has 1 heterocycles. The molecule has 1 aromatic heterocycles. The lowest BCUT2D eigenvalue weighted by molar-refractivity contribution is 0.176. The molecule has 1 N–H and O–H groups in total. The van der Waals surface area contributed by atoms with Gasteiger partial charge in [0, 0.05) is 31.9 Å². The number of hydrogen-bond acceptors (Lipinski definition) is 2. The molecule has 0 bridgehead atoms. The molecule has 114 valence electrons. The second-order valence-electron chi connectivity index (χ2n) is 6.42. The zero-order chi connectivity index (χ0) is 14.4. The summed E-state index contributed by atoms with van der Waals surface area (Å²) < 4.78 is 2.16. The number of rotatable bonds is 8.